The molecule has 0 saturated carbocycles. The molecule has 0 spiro atoms. The van der Waals surface area contributed by atoms with Gasteiger partial charge in [-0.05, 0) is 12.1 Å². The second-order valence-corrected chi connectivity index (χ2v) is 4.69. The van der Waals surface area contributed by atoms with E-state index in [9.17, 15) is 30.7 Å². The number of rotatable bonds is 3. The van der Waals surface area contributed by atoms with Crippen molar-refractivity contribution >= 4 is 0 Å². The summed E-state index contributed by atoms with van der Waals surface area (Å²) >= 11 is 0. The molecule has 1 heterocycles. The molecule has 9 heteroatoms. The molecule has 0 aliphatic carbocycles. The van der Waals surface area contributed by atoms with Gasteiger partial charge in [0.1, 0.15) is 5.82 Å². The molecule has 1 aromatic carbocycles. The van der Waals surface area contributed by atoms with E-state index in [4.69, 9.17) is 4.74 Å². The highest BCUT2D eigenvalue weighted by molar-refractivity contribution is 5.26. The highest BCUT2D eigenvalue weighted by atomic mass is 19.4. The summed E-state index contributed by atoms with van der Waals surface area (Å²) in [5.41, 5.74) is -3.99. The van der Waals surface area contributed by atoms with Crippen LogP contribution in [0.4, 0.5) is 30.7 Å². The summed E-state index contributed by atoms with van der Waals surface area (Å²) in [6.07, 6.45) is -9.36. The Bertz CT molecular complexity index is 519. The zero-order valence-corrected chi connectivity index (χ0v) is 10.4. The third-order valence-electron chi connectivity index (χ3n) is 3.22. The van der Waals surface area contributed by atoms with Crippen molar-refractivity contribution in [3.63, 3.8) is 0 Å². The minimum Gasteiger partial charge on any atom is -0.358 e. The molecule has 1 saturated heterocycles. The lowest BCUT2D eigenvalue weighted by Gasteiger charge is -2.43. The maximum absolute atomic E-state index is 13.5. The van der Waals surface area contributed by atoms with Crippen LogP contribution in [-0.2, 0) is 17.5 Å². The van der Waals surface area contributed by atoms with Gasteiger partial charge in [0.05, 0.1) is 12.2 Å². The summed E-state index contributed by atoms with van der Waals surface area (Å²) in [4.78, 5) is 0. The SMILES string of the molecule is Fc1cc(C(F)(F)F)ccc1COC1(C(F)(F)F)CNC1. The monoisotopic (exact) mass is 317 g/mol. The minimum atomic E-state index is -4.72. The summed E-state index contributed by atoms with van der Waals surface area (Å²) < 4.78 is 93.5. The lowest BCUT2D eigenvalue weighted by molar-refractivity contribution is -0.297. The first-order valence-corrected chi connectivity index (χ1v) is 5.82. The van der Waals surface area contributed by atoms with Crippen molar-refractivity contribution in [2.75, 3.05) is 13.1 Å². The molecular formula is C12H10F7NO. The first kappa shape index (κ1) is 16.0. The maximum atomic E-state index is 13.5. The van der Waals surface area contributed by atoms with Gasteiger partial charge in [-0.3, -0.25) is 0 Å². The molecule has 118 valence electrons. The molecule has 0 bridgehead atoms. The molecule has 0 radical (unpaired) electrons. The second-order valence-electron chi connectivity index (χ2n) is 4.69. The van der Waals surface area contributed by atoms with Crippen molar-refractivity contribution < 1.29 is 35.5 Å². The average Bonchev–Trinajstić information content (AvgIpc) is 2.26. The van der Waals surface area contributed by atoms with Gasteiger partial charge in [-0.1, -0.05) is 6.07 Å². The number of hydrogen-bond acceptors (Lipinski definition) is 2. The van der Waals surface area contributed by atoms with Gasteiger partial charge in [0.25, 0.3) is 0 Å². The average molecular weight is 317 g/mol. The topological polar surface area (TPSA) is 21.3 Å². The van der Waals surface area contributed by atoms with Gasteiger partial charge in [-0.25, -0.2) is 4.39 Å². The second kappa shape index (κ2) is 5.13. The summed E-state index contributed by atoms with van der Waals surface area (Å²) in [5, 5.41) is 2.40. The minimum absolute atomic E-state index is 0.234. The van der Waals surface area contributed by atoms with Crippen LogP contribution in [0.1, 0.15) is 11.1 Å². The third-order valence-corrected chi connectivity index (χ3v) is 3.22. The molecular weight excluding hydrogens is 307 g/mol. The van der Waals surface area contributed by atoms with Crippen LogP contribution in [0.15, 0.2) is 18.2 Å². The van der Waals surface area contributed by atoms with Crippen LogP contribution < -0.4 is 5.32 Å². The maximum Gasteiger partial charge on any atom is 0.419 e. The fourth-order valence-electron chi connectivity index (χ4n) is 1.79. The Kier molecular flexibility index (Phi) is 3.92. The van der Waals surface area contributed by atoms with E-state index < -0.39 is 49.0 Å². The highest BCUT2D eigenvalue weighted by Crippen LogP contribution is 2.37. The molecule has 1 N–H and O–H groups in total. The van der Waals surface area contributed by atoms with Gasteiger partial charge in [-0.2, -0.15) is 26.3 Å². The molecule has 1 fully saturated rings. The van der Waals surface area contributed by atoms with Gasteiger partial charge in [-0.15, -0.1) is 0 Å². The van der Waals surface area contributed by atoms with Crippen LogP contribution in [0, 0.1) is 5.82 Å². The Morgan fingerprint density at radius 1 is 1.10 bits per heavy atom. The number of ether oxygens (including phenoxy) is 1. The summed E-state index contributed by atoms with van der Waals surface area (Å²) in [7, 11) is 0. The molecule has 0 amide bonds. The van der Waals surface area contributed by atoms with Gasteiger partial charge in [0, 0.05) is 18.7 Å². The van der Waals surface area contributed by atoms with E-state index in [0.29, 0.717) is 6.07 Å². The molecule has 21 heavy (non-hydrogen) atoms. The van der Waals surface area contributed by atoms with Gasteiger partial charge in [0.2, 0.25) is 0 Å². The Labute approximate surface area is 114 Å². The van der Waals surface area contributed by atoms with E-state index in [1.807, 2.05) is 0 Å². The van der Waals surface area contributed by atoms with E-state index in [2.05, 4.69) is 5.32 Å². The Morgan fingerprint density at radius 2 is 1.71 bits per heavy atom. The molecule has 1 aliphatic rings. The predicted molar refractivity (Wildman–Crippen MR) is 57.8 cm³/mol. The molecule has 2 nitrogen and oxygen atoms in total. The first-order valence-electron chi connectivity index (χ1n) is 5.82. The van der Waals surface area contributed by atoms with E-state index in [1.54, 1.807) is 0 Å². The molecule has 0 atom stereocenters. The fourth-order valence-corrected chi connectivity index (χ4v) is 1.79. The Balaban J connectivity index is 2.11. The summed E-state index contributed by atoms with van der Waals surface area (Å²) in [6.45, 7) is -1.71. The van der Waals surface area contributed by atoms with E-state index in [-0.39, 0.29) is 11.6 Å². The van der Waals surface area contributed by atoms with Crippen LogP contribution in [-0.4, -0.2) is 24.9 Å². The van der Waals surface area contributed by atoms with Gasteiger partial charge < -0.3 is 10.1 Å². The zero-order valence-electron chi connectivity index (χ0n) is 10.4. The smallest absolute Gasteiger partial charge is 0.358 e. The van der Waals surface area contributed by atoms with Gasteiger partial charge in [0.15, 0.2) is 5.60 Å². The predicted octanol–water partition coefficient (Wildman–Crippen LogP) is 3.27. The molecule has 0 unspecified atom stereocenters. The molecule has 0 aromatic heterocycles. The van der Waals surface area contributed by atoms with Crippen LogP contribution in [0.3, 0.4) is 0 Å². The Hall–Kier alpha value is -1.35. The largest absolute Gasteiger partial charge is 0.419 e. The van der Waals surface area contributed by atoms with E-state index >= 15 is 0 Å². The zero-order chi connectivity index (χ0) is 15.9. The third kappa shape index (κ3) is 3.13. The summed E-state index contributed by atoms with van der Waals surface area (Å²) in [5.74, 6) is -1.26. The lowest BCUT2D eigenvalue weighted by Crippen LogP contribution is -2.69. The van der Waals surface area contributed by atoms with E-state index in [1.165, 1.54) is 0 Å². The fraction of sp³-hybridized carbons (Fsp3) is 0.500. The number of benzene rings is 1. The van der Waals surface area contributed by atoms with Crippen LogP contribution in [0.25, 0.3) is 0 Å². The van der Waals surface area contributed by atoms with Crippen molar-refractivity contribution in [3.05, 3.63) is 35.1 Å². The van der Waals surface area contributed by atoms with Crippen LogP contribution >= 0.6 is 0 Å². The van der Waals surface area contributed by atoms with Crippen molar-refractivity contribution in [1.82, 2.24) is 5.32 Å². The van der Waals surface area contributed by atoms with Crippen molar-refractivity contribution in [2.24, 2.45) is 0 Å². The normalized spacial score (nSPS) is 18.4. The van der Waals surface area contributed by atoms with Crippen LogP contribution in [0.5, 0.6) is 0 Å². The van der Waals surface area contributed by atoms with E-state index in [0.717, 1.165) is 6.07 Å². The number of halogens is 7. The molecule has 1 aromatic rings. The Morgan fingerprint density at radius 3 is 2.10 bits per heavy atom. The number of hydrogen-bond donors (Lipinski definition) is 1. The standard InChI is InChI=1S/C12H10F7NO/c13-9-3-8(11(14,15)16)2-1-7(9)4-21-10(5-20-6-10)12(17,18)19/h1-3,20H,4-6H2. The summed E-state index contributed by atoms with van der Waals surface area (Å²) in [6, 6.07) is 1.60. The van der Waals surface area contributed by atoms with Crippen LogP contribution in [0.2, 0.25) is 0 Å². The lowest BCUT2D eigenvalue weighted by atomic mass is 9.96. The number of nitrogens with one attached hydrogen (secondary N) is 1. The van der Waals surface area contributed by atoms with Gasteiger partial charge >= 0.3 is 12.4 Å². The first-order chi connectivity index (χ1) is 9.55. The van der Waals surface area contributed by atoms with Crippen molar-refractivity contribution in [2.45, 2.75) is 24.6 Å². The quantitative estimate of drug-likeness (QED) is 0.864. The van der Waals surface area contributed by atoms with Crippen molar-refractivity contribution in [3.8, 4) is 0 Å². The highest BCUT2D eigenvalue weighted by Gasteiger charge is 2.60. The van der Waals surface area contributed by atoms with Crippen molar-refractivity contribution in [1.29, 1.82) is 0 Å². The number of alkyl halides is 6. The molecule has 2 rings (SSSR count). The molecule has 1 aliphatic heterocycles.